The maximum absolute atomic E-state index is 13.1. The maximum atomic E-state index is 13.1. The lowest BCUT2D eigenvalue weighted by molar-refractivity contribution is -0.122. The second-order valence-corrected chi connectivity index (χ2v) is 9.05. The summed E-state index contributed by atoms with van der Waals surface area (Å²) < 4.78 is 33.1. The van der Waals surface area contributed by atoms with Crippen molar-refractivity contribution in [1.82, 2.24) is 24.9 Å². The third-order valence-electron chi connectivity index (χ3n) is 6.41. The first-order valence-electron chi connectivity index (χ1n) is 12.0. The second kappa shape index (κ2) is 10.3. The maximum Gasteiger partial charge on any atom is 0.275 e. The molecule has 37 heavy (non-hydrogen) atoms. The van der Waals surface area contributed by atoms with Crippen LogP contribution in [0.1, 0.15) is 36.9 Å². The van der Waals surface area contributed by atoms with Crippen LogP contribution in [0, 0.1) is 11.3 Å². The highest BCUT2D eigenvalue weighted by atomic mass is 19.3. The van der Waals surface area contributed by atoms with E-state index in [0.29, 0.717) is 27.4 Å². The Bertz CT molecular complexity index is 1570. The largest absolute Gasteiger partial charge is 0.486 e. The van der Waals surface area contributed by atoms with Crippen molar-refractivity contribution in [2.45, 2.75) is 51.2 Å². The second-order valence-electron chi connectivity index (χ2n) is 9.05. The van der Waals surface area contributed by atoms with E-state index in [1.807, 2.05) is 6.07 Å². The summed E-state index contributed by atoms with van der Waals surface area (Å²) in [5.41, 5.74) is 0.760. The van der Waals surface area contributed by atoms with E-state index in [1.54, 1.807) is 35.1 Å². The van der Waals surface area contributed by atoms with Crippen LogP contribution in [-0.2, 0) is 17.9 Å². The minimum Gasteiger partial charge on any atom is -0.486 e. The number of halogens is 2. The summed E-state index contributed by atoms with van der Waals surface area (Å²) in [5, 5.41) is 23.0. The van der Waals surface area contributed by atoms with Crippen molar-refractivity contribution in [2.24, 2.45) is 0 Å². The number of amides is 1. The Labute approximate surface area is 210 Å². The molecule has 5 rings (SSSR count). The number of carbonyl (C=O) groups is 1. The van der Waals surface area contributed by atoms with Gasteiger partial charge >= 0.3 is 0 Å². The Balaban J connectivity index is 1.46. The molecule has 2 aromatic carbocycles. The van der Waals surface area contributed by atoms with Gasteiger partial charge in [0.05, 0.1) is 28.7 Å². The number of nitrogens with zero attached hydrogens (tertiary/aromatic N) is 5. The number of alkyl halides is 2. The Kier molecular flexibility index (Phi) is 6.81. The van der Waals surface area contributed by atoms with Gasteiger partial charge in [0.15, 0.2) is 0 Å². The third kappa shape index (κ3) is 5.28. The van der Waals surface area contributed by atoms with E-state index in [1.165, 1.54) is 16.8 Å². The zero-order valence-corrected chi connectivity index (χ0v) is 19.9. The standard InChI is InChI=1S/C26H24F2N6O3/c27-24(28)15-37-23-10-17-12-33(31-21(17)9-16(23)11-29)13-22-19-7-3-4-8-20(19)26(36)34(32-22)14-25(35)30-18-5-1-2-6-18/h3-4,7-10,12,18,24H,1-2,5-6,13-15H2,(H,30,35). The SMILES string of the molecule is N#Cc1cc2nn(Cc3nn(CC(=O)NC4CCCC4)c(=O)c4ccccc34)cc2cc1OCC(F)F. The number of rotatable bonds is 8. The van der Waals surface area contributed by atoms with Crippen LogP contribution in [0.5, 0.6) is 5.75 Å². The smallest absolute Gasteiger partial charge is 0.275 e. The van der Waals surface area contributed by atoms with Crippen molar-refractivity contribution >= 4 is 27.6 Å². The molecule has 0 saturated heterocycles. The van der Waals surface area contributed by atoms with Gasteiger partial charge in [-0.2, -0.15) is 15.5 Å². The molecule has 0 aliphatic heterocycles. The molecule has 1 fully saturated rings. The predicted molar refractivity (Wildman–Crippen MR) is 131 cm³/mol. The van der Waals surface area contributed by atoms with Gasteiger partial charge in [0.25, 0.3) is 12.0 Å². The summed E-state index contributed by atoms with van der Waals surface area (Å²) in [6, 6.07) is 12.1. The molecule has 0 spiro atoms. The van der Waals surface area contributed by atoms with E-state index in [2.05, 4.69) is 15.5 Å². The first kappa shape index (κ1) is 24.4. The fourth-order valence-electron chi connectivity index (χ4n) is 4.70. The van der Waals surface area contributed by atoms with Gasteiger partial charge in [-0.1, -0.05) is 31.0 Å². The highest BCUT2D eigenvalue weighted by Gasteiger charge is 2.19. The molecule has 1 aliphatic carbocycles. The lowest BCUT2D eigenvalue weighted by atomic mass is 10.1. The zero-order chi connectivity index (χ0) is 25.9. The highest BCUT2D eigenvalue weighted by molar-refractivity contribution is 5.85. The van der Waals surface area contributed by atoms with Crippen LogP contribution in [0.2, 0.25) is 0 Å². The molecule has 0 bridgehead atoms. The van der Waals surface area contributed by atoms with Crippen molar-refractivity contribution < 1.29 is 18.3 Å². The minimum absolute atomic E-state index is 0.0558. The molecule has 190 valence electrons. The monoisotopic (exact) mass is 506 g/mol. The Morgan fingerprint density at radius 3 is 2.68 bits per heavy atom. The lowest BCUT2D eigenvalue weighted by Gasteiger charge is -2.14. The molecular formula is C26H24F2N6O3. The number of fused-ring (bicyclic) bond motifs is 2. The number of benzene rings is 2. The lowest BCUT2D eigenvalue weighted by Crippen LogP contribution is -2.38. The summed E-state index contributed by atoms with van der Waals surface area (Å²) >= 11 is 0. The van der Waals surface area contributed by atoms with Gasteiger partial charge in [-0.25, -0.2) is 13.5 Å². The van der Waals surface area contributed by atoms with Crippen LogP contribution in [0.4, 0.5) is 8.78 Å². The van der Waals surface area contributed by atoms with Crippen molar-refractivity contribution in [2.75, 3.05) is 6.61 Å². The van der Waals surface area contributed by atoms with Crippen LogP contribution < -0.4 is 15.6 Å². The number of nitrogens with one attached hydrogen (secondary N) is 1. The van der Waals surface area contributed by atoms with E-state index in [4.69, 9.17) is 4.74 Å². The number of hydrogen-bond donors (Lipinski definition) is 1. The van der Waals surface area contributed by atoms with E-state index in [-0.39, 0.29) is 41.9 Å². The molecule has 0 atom stereocenters. The van der Waals surface area contributed by atoms with E-state index < -0.39 is 13.0 Å². The van der Waals surface area contributed by atoms with Crippen LogP contribution in [0.15, 0.2) is 47.4 Å². The van der Waals surface area contributed by atoms with Gasteiger partial charge in [-0.05, 0) is 31.0 Å². The van der Waals surface area contributed by atoms with Gasteiger partial charge in [0, 0.05) is 23.0 Å². The minimum atomic E-state index is -2.67. The normalized spacial score (nSPS) is 13.9. The molecular weight excluding hydrogens is 482 g/mol. The molecule has 0 radical (unpaired) electrons. The number of nitriles is 1. The fourth-order valence-corrected chi connectivity index (χ4v) is 4.70. The molecule has 11 heteroatoms. The molecule has 0 unspecified atom stereocenters. The first-order chi connectivity index (χ1) is 17.9. The summed E-state index contributed by atoms with van der Waals surface area (Å²) in [6.45, 7) is -0.834. The predicted octanol–water partition coefficient (Wildman–Crippen LogP) is 3.37. The molecule has 1 saturated carbocycles. The number of ether oxygens (including phenoxy) is 1. The molecule has 1 amide bonds. The zero-order valence-electron chi connectivity index (χ0n) is 19.9. The molecule has 1 aliphatic rings. The first-order valence-corrected chi connectivity index (χ1v) is 12.0. The van der Waals surface area contributed by atoms with Crippen molar-refractivity contribution in [3.8, 4) is 11.8 Å². The van der Waals surface area contributed by atoms with Crippen LogP contribution >= 0.6 is 0 Å². The summed E-state index contributed by atoms with van der Waals surface area (Å²) in [6.07, 6.45) is 3.05. The molecule has 2 aromatic heterocycles. The van der Waals surface area contributed by atoms with Gasteiger partial charge in [0.2, 0.25) is 5.91 Å². The van der Waals surface area contributed by atoms with E-state index >= 15 is 0 Å². The van der Waals surface area contributed by atoms with Crippen molar-refractivity contribution in [3.63, 3.8) is 0 Å². The quantitative estimate of drug-likeness (QED) is 0.392. The van der Waals surface area contributed by atoms with Crippen LogP contribution in [0.25, 0.3) is 21.7 Å². The van der Waals surface area contributed by atoms with Gasteiger partial charge in [-0.15, -0.1) is 0 Å². The van der Waals surface area contributed by atoms with E-state index in [0.717, 1.165) is 25.7 Å². The summed E-state index contributed by atoms with van der Waals surface area (Å²) in [5.74, 6) is -0.201. The van der Waals surface area contributed by atoms with Crippen LogP contribution in [-0.4, -0.2) is 44.5 Å². The number of hydrogen-bond acceptors (Lipinski definition) is 6. The number of carbonyl (C=O) groups excluding carboxylic acids is 1. The molecule has 4 aromatic rings. The third-order valence-corrected chi connectivity index (χ3v) is 6.41. The van der Waals surface area contributed by atoms with Crippen molar-refractivity contribution in [3.05, 3.63) is 64.2 Å². The Morgan fingerprint density at radius 2 is 1.95 bits per heavy atom. The average Bonchev–Trinajstić information content (AvgIpc) is 3.53. The average molecular weight is 507 g/mol. The molecule has 9 nitrogen and oxygen atoms in total. The highest BCUT2D eigenvalue weighted by Crippen LogP contribution is 2.26. The van der Waals surface area contributed by atoms with E-state index in [9.17, 15) is 23.6 Å². The van der Waals surface area contributed by atoms with Gasteiger partial charge in [-0.3, -0.25) is 14.3 Å². The Hall–Kier alpha value is -4.33. The summed E-state index contributed by atoms with van der Waals surface area (Å²) in [4.78, 5) is 25.7. The fraction of sp³-hybridized carbons (Fsp3) is 0.346. The van der Waals surface area contributed by atoms with Crippen molar-refractivity contribution in [1.29, 1.82) is 5.26 Å². The topological polar surface area (TPSA) is 115 Å². The summed E-state index contributed by atoms with van der Waals surface area (Å²) in [7, 11) is 0. The van der Waals surface area contributed by atoms with Gasteiger partial charge in [0.1, 0.15) is 25.0 Å². The van der Waals surface area contributed by atoms with Gasteiger partial charge < -0.3 is 10.1 Å². The van der Waals surface area contributed by atoms with Crippen LogP contribution in [0.3, 0.4) is 0 Å². The molecule has 2 heterocycles. The molecule has 1 N–H and O–H groups in total. The Morgan fingerprint density at radius 1 is 1.19 bits per heavy atom. The number of aromatic nitrogens is 4.